The lowest BCUT2D eigenvalue weighted by Gasteiger charge is -2.13. The Hall–Kier alpha value is -2.64. The summed E-state index contributed by atoms with van der Waals surface area (Å²) in [5.41, 5.74) is -1.67. The van der Waals surface area contributed by atoms with E-state index in [0.717, 1.165) is 10.6 Å². The van der Waals surface area contributed by atoms with Gasteiger partial charge >= 0.3 is 11.9 Å². The smallest absolute Gasteiger partial charge is 0.355 e. The first-order valence-corrected chi connectivity index (χ1v) is 6.24. The van der Waals surface area contributed by atoms with Gasteiger partial charge in [0.05, 0.1) is 5.69 Å². The van der Waals surface area contributed by atoms with Crippen molar-refractivity contribution in [3.8, 4) is 5.69 Å². The number of alkyl halides is 3. The third-order valence-corrected chi connectivity index (χ3v) is 2.99. The van der Waals surface area contributed by atoms with Crippen LogP contribution in [0, 0.1) is 6.92 Å². The fourth-order valence-corrected chi connectivity index (χ4v) is 1.99. The lowest BCUT2D eigenvalue weighted by atomic mass is 10.2. The normalized spacial score (nSPS) is 11.3. The molecule has 0 fully saturated rings. The van der Waals surface area contributed by atoms with Crippen molar-refractivity contribution in [2.45, 2.75) is 13.1 Å². The molecule has 2 rings (SSSR count). The molecular formula is C14H12F3N3O2. The summed E-state index contributed by atoms with van der Waals surface area (Å²) in [7, 11) is 1.45. The van der Waals surface area contributed by atoms with Crippen LogP contribution in [0.4, 0.5) is 13.2 Å². The Morgan fingerprint density at radius 1 is 1.27 bits per heavy atom. The second-order valence-electron chi connectivity index (χ2n) is 4.53. The summed E-state index contributed by atoms with van der Waals surface area (Å²) in [6, 6.07) is 6.76. The SMILES string of the molecule is CNC(=O)c1cccc(-n2c(C)cc(C(F)(F)F)nc2=O)c1. The van der Waals surface area contributed by atoms with Crippen LogP contribution in [-0.2, 0) is 6.18 Å². The standard InChI is InChI=1S/C14H12F3N3O2/c1-8-6-11(14(15,16)17)19-13(22)20(8)10-5-3-4-9(7-10)12(21)18-2/h3-7H,1-2H3,(H,18,21). The second kappa shape index (κ2) is 5.63. The lowest BCUT2D eigenvalue weighted by Crippen LogP contribution is -2.27. The molecule has 1 heterocycles. The number of nitrogens with zero attached hydrogens (tertiary/aromatic N) is 2. The molecule has 0 aliphatic rings. The van der Waals surface area contributed by atoms with Gasteiger partial charge < -0.3 is 5.32 Å². The zero-order chi connectivity index (χ0) is 16.5. The highest BCUT2D eigenvalue weighted by Gasteiger charge is 2.33. The summed E-state index contributed by atoms with van der Waals surface area (Å²) in [6.07, 6.45) is -4.69. The van der Waals surface area contributed by atoms with Crippen LogP contribution < -0.4 is 11.0 Å². The van der Waals surface area contributed by atoms with Crippen LogP contribution in [0.2, 0.25) is 0 Å². The van der Waals surface area contributed by atoms with Gasteiger partial charge in [-0.25, -0.2) is 4.79 Å². The molecule has 0 radical (unpaired) electrons. The zero-order valence-corrected chi connectivity index (χ0v) is 11.7. The molecule has 0 saturated heterocycles. The van der Waals surface area contributed by atoms with E-state index in [2.05, 4.69) is 10.3 Å². The van der Waals surface area contributed by atoms with Crippen molar-refractivity contribution >= 4 is 5.91 Å². The number of halogens is 3. The Morgan fingerprint density at radius 2 is 1.95 bits per heavy atom. The van der Waals surface area contributed by atoms with Gasteiger partial charge in [0.15, 0.2) is 5.69 Å². The average Bonchev–Trinajstić information content (AvgIpc) is 2.45. The molecule has 5 nitrogen and oxygen atoms in total. The molecule has 0 aliphatic heterocycles. The molecule has 1 aromatic carbocycles. The minimum atomic E-state index is -4.69. The Morgan fingerprint density at radius 3 is 2.50 bits per heavy atom. The van der Waals surface area contributed by atoms with E-state index in [1.54, 1.807) is 0 Å². The highest BCUT2D eigenvalue weighted by atomic mass is 19.4. The molecule has 0 saturated carbocycles. The second-order valence-corrected chi connectivity index (χ2v) is 4.53. The molecule has 0 bridgehead atoms. The number of benzene rings is 1. The number of aryl methyl sites for hydroxylation is 1. The number of carbonyl (C=O) groups is 1. The van der Waals surface area contributed by atoms with Crippen LogP contribution >= 0.6 is 0 Å². The molecule has 2 aromatic rings. The summed E-state index contributed by atoms with van der Waals surface area (Å²) in [6.45, 7) is 1.37. The summed E-state index contributed by atoms with van der Waals surface area (Å²) >= 11 is 0. The Bertz CT molecular complexity index is 782. The number of amides is 1. The monoisotopic (exact) mass is 311 g/mol. The van der Waals surface area contributed by atoms with Gasteiger partial charge in [0, 0.05) is 18.3 Å². The van der Waals surface area contributed by atoms with Gasteiger partial charge in [0.2, 0.25) is 0 Å². The average molecular weight is 311 g/mol. The van der Waals surface area contributed by atoms with Gasteiger partial charge in [-0.1, -0.05) is 6.07 Å². The maximum atomic E-state index is 12.6. The molecule has 8 heteroatoms. The maximum absolute atomic E-state index is 12.6. The highest BCUT2D eigenvalue weighted by Crippen LogP contribution is 2.27. The van der Waals surface area contributed by atoms with Crippen LogP contribution in [0.25, 0.3) is 5.69 Å². The number of nitrogens with one attached hydrogen (secondary N) is 1. The Labute approximate surface area is 123 Å². The van der Waals surface area contributed by atoms with Crippen molar-refractivity contribution in [3.63, 3.8) is 0 Å². The fraction of sp³-hybridized carbons (Fsp3) is 0.214. The summed E-state index contributed by atoms with van der Waals surface area (Å²) in [5, 5.41) is 2.43. The first-order valence-electron chi connectivity index (χ1n) is 6.24. The molecule has 116 valence electrons. The molecule has 0 aliphatic carbocycles. The van der Waals surface area contributed by atoms with Crippen LogP contribution in [0.5, 0.6) is 0 Å². The van der Waals surface area contributed by atoms with E-state index in [9.17, 15) is 22.8 Å². The van der Waals surface area contributed by atoms with Crippen LogP contribution in [0.15, 0.2) is 35.1 Å². The first-order chi connectivity index (χ1) is 10.2. The van der Waals surface area contributed by atoms with Crippen molar-refractivity contribution in [3.05, 3.63) is 57.8 Å². The molecule has 0 spiro atoms. The third kappa shape index (κ3) is 3.00. The first kappa shape index (κ1) is 15.7. The largest absolute Gasteiger partial charge is 0.433 e. The van der Waals surface area contributed by atoms with Crippen molar-refractivity contribution in [2.24, 2.45) is 0 Å². The number of aromatic nitrogens is 2. The number of rotatable bonds is 2. The van der Waals surface area contributed by atoms with Gasteiger partial charge in [0.1, 0.15) is 0 Å². The summed E-state index contributed by atoms with van der Waals surface area (Å²) in [4.78, 5) is 26.6. The van der Waals surface area contributed by atoms with E-state index in [0.29, 0.717) is 0 Å². The predicted octanol–water partition coefficient (Wildman–Crippen LogP) is 1.92. The summed E-state index contributed by atoms with van der Waals surface area (Å²) < 4.78 is 38.9. The molecule has 1 amide bonds. The van der Waals surface area contributed by atoms with Crippen LogP contribution in [-0.4, -0.2) is 22.5 Å². The van der Waals surface area contributed by atoms with Gasteiger partial charge in [-0.3, -0.25) is 9.36 Å². The predicted molar refractivity (Wildman–Crippen MR) is 73.0 cm³/mol. The van der Waals surface area contributed by atoms with Crippen LogP contribution in [0.3, 0.4) is 0 Å². The van der Waals surface area contributed by atoms with Crippen molar-refractivity contribution in [1.82, 2.24) is 14.9 Å². The molecule has 1 aromatic heterocycles. The molecule has 0 unspecified atom stereocenters. The number of hydrogen-bond acceptors (Lipinski definition) is 3. The summed E-state index contributed by atoms with van der Waals surface area (Å²) in [5.74, 6) is -0.368. The van der Waals surface area contributed by atoms with E-state index in [4.69, 9.17) is 0 Å². The zero-order valence-electron chi connectivity index (χ0n) is 11.7. The van der Waals surface area contributed by atoms with Gasteiger partial charge in [-0.2, -0.15) is 18.2 Å². The minimum absolute atomic E-state index is 0.0707. The number of carbonyl (C=O) groups excluding carboxylic acids is 1. The Balaban J connectivity index is 2.59. The van der Waals surface area contributed by atoms with Crippen molar-refractivity contribution in [2.75, 3.05) is 7.05 Å². The topological polar surface area (TPSA) is 64.0 Å². The van der Waals surface area contributed by atoms with Gasteiger partial charge in [0.25, 0.3) is 5.91 Å². The van der Waals surface area contributed by atoms with E-state index >= 15 is 0 Å². The van der Waals surface area contributed by atoms with E-state index in [1.165, 1.54) is 38.2 Å². The van der Waals surface area contributed by atoms with Crippen molar-refractivity contribution in [1.29, 1.82) is 0 Å². The van der Waals surface area contributed by atoms with Crippen molar-refractivity contribution < 1.29 is 18.0 Å². The fourth-order valence-electron chi connectivity index (χ4n) is 1.99. The minimum Gasteiger partial charge on any atom is -0.355 e. The molecule has 22 heavy (non-hydrogen) atoms. The molecule has 1 N–H and O–H groups in total. The maximum Gasteiger partial charge on any atom is 0.433 e. The quantitative estimate of drug-likeness (QED) is 0.921. The Kier molecular flexibility index (Phi) is 4.03. The van der Waals surface area contributed by atoms with E-state index < -0.39 is 17.6 Å². The van der Waals surface area contributed by atoms with Gasteiger partial charge in [-0.05, 0) is 31.2 Å². The number of hydrogen-bond donors (Lipinski definition) is 1. The van der Waals surface area contributed by atoms with E-state index in [-0.39, 0.29) is 22.9 Å². The third-order valence-electron chi connectivity index (χ3n) is 2.99. The lowest BCUT2D eigenvalue weighted by molar-refractivity contribution is -0.141. The van der Waals surface area contributed by atoms with Crippen LogP contribution in [0.1, 0.15) is 21.7 Å². The highest BCUT2D eigenvalue weighted by molar-refractivity contribution is 5.94. The molecular weight excluding hydrogens is 299 g/mol. The molecule has 0 atom stereocenters. The van der Waals surface area contributed by atoms with Gasteiger partial charge in [-0.15, -0.1) is 0 Å². The van der Waals surface area contributed by atoms with E-state index in [1.807, 2.05) is 0 Å².